The van der Waals surface area contributed by atoms with Gasteiger partial charge in [-0.1, -0.05) is 35.3 Å². The molecule has 0 fully saturated rings. The van der Waals surface area contributed by atoms with Crippen molar-refractivity contribution in [3.63, 3.8) is 0 Å². The van der Waals surface area contributed by atoms with Gasteiger partial charge in [-0.3, -0.25) is 0 Å². The first-order chi connectivity index (χ1) is 12.3. The second-order valence-corrected chi connectivity index (χ2v) is 8.03. The molecule has 0 spiro atoms. The zero-order valence-corrected chi connectivity index (χ0v) is 16.3. The minimum Gasteiger partial charge on any atom is -0.493 e. The van der Waals surface area contributed by atoms with Crippen molar-refractivity contribution in [2.24, 2.45) is 0 Å². The highest BCUT2D eigenvalue weighted by molar-refractivity contribution is 7.95. The molecule has 2 aromatic carbocycles. The van der Waals surface area contributed by atoms with E-state index in [1.54, 1.807) is 30.3 Å². The van der Waals surface area contributed by atoms with Crippen molar-refractivity contribution in [1.82, 2.24) is 0 Å². The van der Waals surface area contributed by atoms with Gasteiger partial charge in [-0.15, -0.1) is 0 Å². The molecule has 0 unspecified atom stereocenters. The number of ether oxygens (including phenoxy) is 2. The molecule has 0 aliphatic carbocycles. The third-order valence-electron chi connectivity index (χ3n) is 3.51. The van der Waals surface area contributed by atoms with Crippen molar-refractivity contribution in [2.75, 3.05) is 14.2 Å². The Balaban J connectivity index is 2.40. The van der Waals surface area contributed by atoms with Gasteiger partial charge in [0.25, 0.3) is 0 Å². The van der Waals surface area contributed by atoms with E-state index in [9.17, 15) is 13.7 Å². The van der Waals surface area contributed by atoms with E-state index in [1.807, 2.05) is 0 Å². The number of allylic oxidation sites excluding steroid dienone is 1. The molecule has 0 saturated carbocycles. The first-order valence-electron chi connectivity index (χ1n) is 7.31. The van der Waals surface area contributed by atoms with E-state index in [0.29, 0.717) is 27.6 Å². The summed E-state index contributed by atoms with van der Waals surface area (Å²) in [5, 5.41) is 9.96. The molecule has 0 heterocycles. The quantitative estimate of drug-likeness (QED) is 0.654. The number of hydrogen-bond acceptors (Lipinski definition) is 5. The van der Waals surface area contributed by atoms with E-state index in [4.69, 9.17) is 32.7 Å². The molecule has 0 saturated heterocycles. The molecular formula is C18H15Cl2NO4S. The fourth-order valence-electron chi connectivity index (χ4n) is 2.21. The molecule has 136 valence electrons. The van der Waals surface area contributed by atoms with Crippen molar-refractivity contribution < 1.29 is 17.9 Å². The highest BCUT2D eigenvalue weighted by Gasteiger charge is 2.20. The van der Waals surface area contributed by atoms with Crippen LogP contribution in [0.25, 0.3) is 6.08 Å². The Morgan fingerprint density at radius 1 is 1.12 bits per heavy atom. The molecule has 0 aliphatic heterocycles. The van der Waals surface area contributed by atoms with Crippen LogP contribution in [0.4, 0.5) is 0 Å². The van der Waals surface area contributed by atoms with Gasteiger partial charge in [0.1, 0.15) is 11.0 Å². The number of nitrogens with zero attached hydrogens (tertiary/aromatic N) is 1. The Bertz CT molecular complexity index is 995. The molecule has 0 atom stereocenters. The van der Waals surface area contributed by atoms with Gasteiger partial charge < -0.3 is 9.47 Å². The summed E-state index contributed by atoms with van der Waals surface area (Å²) in [5.41, 5.74) is 0.856. The van der Waals surface area contributed by atoms with Crippen LogP contribution in [0.2, 0.25) is 10.0 Å². The smallest absolute Gasteiger partial charge is 0.192 e. The van der Waals surface area contributed by atoms with Gasteiger partial charge in [0, 0.05) is 10.0 Å². The first kappa shape index (κ1) is 20.1. The Labute approximate surface area is 162 Å². The zero-order chi connectivity index (χ0) is 19.3. The van der Waals surface area contributed by atoms with Crippen LogP contribution < -0.4 is 9.47 Å². The predicted octanol–water partition coefficient (Wildman–Crippen LogP) is 4.49. The zero-order valence-electron chi connectivity index (χ0n) is 14.0. The van der Waals surface area contributed by atoms with E-state index in [-0.39, 0.29) is 9.93 Å². The minimum absolute atomic E-state index is 0.226. The van der Waals surface area contributed by atoms with Crippen molar-refractivity contribution >= 4 is 39.1 Å². The van der Waals surface area contributed by atoms with Crippen molar-refractivity contribution in [1.29, 1.82) is 5.26 Å². The third-order valence-corrected chi connectivity index (χ3v) is 5.67. The Morgan fingerprint density at radius 3 is 2.38 bits per heavy atom. The highest BCUT2D eigenvalue weighted by atomic mass is 35.5. The largest absolute Gasteiger partial charge is 0.493 e. The van der Waals surface area contributed by atoms with Crippen LogP contribution in [0, 0.1) is 11.3 Å². The maximum atomic E-state index is 12.6. The van der Waals surface area contributed by atoms with E-state index >= 15 is 0 Å². The Kier molecular flexibility index (Phi) is 6.54. The predicted molar refractivity (Wildman–Crippen MR) is 102 cm³/mol. The summed E-state index contributed by atoms with van der Waals surface area (Å²) in [6.45, 7) is 0. The molecular weight excluding hydrogens is 397 g/mol. The number of hydrogen-bond donors (Lipinski definition) is 0. The van der Waals surface area contributed by atoms with Gasteiger partial charge >= 0.3 is 0 Å². The summed E-state index contributed by atoms with van der Waals surface area (Å²) in [6, 6.07) is 11.1. The minimum atomic E-state index is -3.89. The molecule has 0 amide bonds. The normalized spacial score (nSPS) is 11.7. The number of benzene rings is 2. The summed E-state index contributed by atoms with van der Waals surface area (Å²) in [4.78, 5) is -0.379. The van der Waals surface area contributed by atoms with Gasteiger partial charge in [0.05, 0.1) is 20.0 Å². The monoisotopic (exact) mass is 411 g/mol. The summed E-state index contributed by atoms with van der Waals surface area (Å²) in [5.74, 6) is 0.519. The molecule has 0 radical (unpaired) electrons. The second kappa shape index (κ2) is 8.45. The molecule has 0 aliphatic rings. The third kappa shape index (κ3) is 4.70. The van der Waals surface area contributed by atoms with Gasteiger partial charge in [-0.2, -0.15) is 5.26 Å². The number of sulfone groups is 1. The molecule has 0 bridgehead atoms. The average molecular weight is 412 g/mol. The summed E-state index contributed by atoms with van der Waals surface area (Å²) in [7, 11) is -0.931. The summed E-state index contributed by atoms with van der Waals surface area (Å²) < 4.78 is 35.5. The molecule has 0 N–H and O–H groups in total. The van der Waals surface area contributed by atoms with Gasteiger partial charge in [-0.05, 0) is 41.5 Å². The van der Waals surface area contributed by atoms with Crippen LogP contribution in [0.3, 0.4) is 0 Å². The number of halogens is 2. The first-order valence-corrected chi connectivity index (χ1v) is 9.72. The second-order valence-electron chi connectivity index (χ2n) is 5.23. The van der Waals surface area contributed by atoms with Crippen LogP contribution in [0.1, 0.15) is 11.1 Å². The van der Waals surface area contributed by atoms with E-state index in [2.05, 4.69) is 0 Å². The standard InChI is InChI=1S/C18H15Cl2NO4S/c1-24-17-6-3-12(8-18(17)25-2)7-15(10-21)26(22,23)11-13-4-5-14(19)9-16(13)20/h3-9H,11H2,1-2H3/b15-7-. The van der Waals surface area contributed by atoms with E-state index < -0.39 is 15.6 Å². The fourth-order valence-corrected chi connectivity index (χ4v) is 4.03. The van der Waals surface area contributed by atoms with E-state index in [1.165, 1.54) is 32.4 Å². The lowest BCUT2D eigenvalue weighted by molar-refractivity contribution is 0.355. The lowest BCUT2D eigenvalue weighted by Gasteiger charge is -2.09. The molecule has 2 aromatic rings. The topological polar surface area (TPSA) is 76.4 Å². The van der Waals surface area contributed by atoms with Crippen LogP contribution in [-0.2, 0) is 15.6 Å². The van der Waals surface area contributed by atoms with Gasteiger partial charge in [0.15, 0.2) is 21.3 Å². The molecule has 8 heteroatoms. The van der Waals surface area contributed by atoms with Crippen molar-refractivity contribution in [3.05, 3.63) is 62.5 Å². The van der Waals surface area contributed by atoms with Crippen LogP contribution in [-0.4, -0.2) is 22.6 Å². The molecule has 2 rings (SSSR count). The molecule has 26 heavy (non-hydrogen) atoms. The molecule has 5 nitrogen and oxygen atoms in total. The molecule has 0 aromatic heterocycles. The van der Waals surface area contributed by atoms with E-state index in [0.717, 1.165) is 0 Å². The van der Waals surface area contributed by atoms with Crippen molar-refractivity contribution in [2.45, 2.75) is 5.75 Å². The maximum Gasteiger partial charge on any atom is 0.192 e. The average Bonchev–Trinajstić information content (AvgIpc) is 2.61. The Hall–Kier alpha value is -2.20. The highest BCUT2D eigenvalue weighted by Crippen LogP contribution is 2.30. The maximum absolute atomic E-state index is 12.6. The lowest BCUT2D eigenvalue weighted by atomic mass is 10.2. The van der Waals surface area contributed by atoms with Gasteiger partial charge in [-0.25, -0.2) is 8.42 Å². The fraction of sp³-hybridized carbons (Fsp3) is 0.167. The van der Waals surface area contributed by atoms with Crippen LogP contribution in [0.15, 0.2) is 41.3 Å². The Morgan fingerprint density at radius 2 is 1.81 bits per heavy atom. The van der Waals surface area contributed by atoms with Crippen LogP contribution >= 0.6 is 23.2 Å². The van der Waals surface area contributed by atoms with Gasteiger partial charge in [0.2, 0.25) is 0 Å². The lowest BCUT2D eigenvalue weighted by Crippen LogP contribution is -2.07. The number of rotatable bonds is 6. The van der Waals surface area contributed by atoms with Crippen molar-refractivity contribution in [3.8, 4) is 17.6 Å². The number of nitriles is 1. The number of methoxy groups -OCH3 is 2. The summed E-state index contributed by atoms with van der Waals surface area (Å²) >= 11 is 11.9. The van der Waals surface area contributed by atoms with Crippen LogP contribution in [0.5, 0.6) is 11.5 Å². The summed E-state index contributed by atoms with van der Waals surface area (Å²) in [6.07, 6.45) is 1.28. The SMILES string of the molecule is COc1ccc(/C=C(/C#N)S(=O)(=O)Cc2ccc(Cl)cc2Cl)cc1OC.